The fraction of sp³-hybridized carbons (Fsp3) is 0.364. The molecule has 0 radical (unpaired) electrons. The second-order valence-electron chi connectivity index (χ2n) is 7.00. The Morgan fingerprint density at radius 2 is 1.56 bits per heavy atom. The van der Waals surface area contributed by atoms with E-state index in [0.29, 0.717) is 0 Å². The standard InChI is InChI=1S/C22H27NO2/c1-17(2)5-4-6-18(3)7-8-19-9-11-20(12-10-19)21-13-15-22(16-14-21)23(24)25/h5,9-16,18H,4,6-8H2,1-3H3/t18-/m1/s1. The van der Waals surface area contributed by atoms with Gasteiger partial charge in [-0.2, -0.15) is 0 Å². The highest BCUT2D eigenvalue weighted by Gasteiger charge is 2.06. The molecule has 2 aromatic rings. The van der Waals surface area contributed by atoms with Gasteiger partial charge in [0.25, 0.3) is 5.69 Å². The lowest BCUT2D eigenvalue weighted by atomic mass is 9.95. The molecular weight excluding hydrogens is 310 g/mol. The first-order chi connectivity index (χ1) is 12.0. The van der Waals surface area contributed by atoms with Crippen molar-refractivity contribution < 1.29 is 4.92 Å². The average molecular weight is 337 g/mol. The molecule has 3 heteroatoms. The van der Waals surface area contributed by atoms with E-state index in [2.05, 4.69) is 51.1 Å². The van der Waals surface area contributed by atoms with Crippen LogP contribution in [0, 0.1) is 16.0 Å². The largest absolute Gasteiger partial charge is 0.269 e. The molecular formula is C22H27NO2. The van der Waals surface area contributed by atoms with Crippen LogP contribution in [0.2, 0.25) is 0 Å². The molecule has 3 nitrogen and oxygen atoms in total. The van der Waals surface area contributed by atoms with Crippen LogP contribution in [0.4, 0.5) is 5.69 Å². The Bertz CT molecular complexity index is 711. The minimum atomic E-state index is -0.369. The first-order valence-electron chi connectivity index (χ1n) is 8.93. The summed E-state index contributed by atoms with van der Waals surface area (Å²) in [7, 11) is 0. The van der Waals surface area contributed by atoms with Crippen molar-refractivity contribution in [3.8, 4) is 11.1 Å². The highest BCUT2D eigenvalue weighted by Crippen LogP contribution is 2.23. The number of rotatable bonds is 8. The van der Waals surface area contributed by atoms with Gasteiger partial charge in [-0.25, -0.2) is 0 Å². The summed E-state index contributed by atoms with van der Waals surface area (Å²) in [5.74, 6) is 0.727. The number of non-ortho nitro benzene ring substituents is 1. The molecule has 132 valence electrons. The molecule has 0 bridgehead atoms. The zero-order chi connectivity index (χ0) is 18.2. The third-order valence-electron chi connectivity index (χ3n) is 4.50. The van der Waals surface area contributed by atoms with Crippen molar-refractivity contribution in [1.82, 2.24) is 0 Å². The van der Waals surface area contributed by atoms with Gasteiger partial charge in [0.2, 0.25) is 0 Å². The second kappa shape index (κ2) is 9.16. The predicted molar refractivity (Wildman–Crippen MR) is 105 cm³/mol. The molecule has 0 unspecified atom stereocenters. The molecule has 25 heavy (non-hydrogen) atoms. The van der Waals surface area contributed by atoms with Crippen LogP contribution in [0.25, 0.3) is 11.1 Å². The fourth-order valence-electron chi connectivity index (χ4n) is 2.85. The van der Waals surface area contributed by atoms with Crippen LogP contribution in [-0.2, 0) is 6.42 Å². The molecule has 0 saturated carbocycles. The number of allylic oxidation sites excluding steroid dienone is 2. The van der Waals surface area contributed by atoms with Crippen LogP contribution in [0.15, 0.2) is 60.2 Å². The van der Waals surface area contributed by atoms with Gasteiger partial charge in [0.15, 0.2) is 0 Å². The van der Waals surface area contributed by atoms with E-state index in [0.717, 1.165) is 23.5 Å². The van der Waals surface area contributed by atoms with Gasteiger partial charge in [-0.1, -0.05) is 42.8 Å². The molecule has 0 spiro atoms. The van der Waals surface area contributed by atoms with Crippen LogP contribution in [-0.4, -0.2) is 4.92 Å². The lowest BCUT2D eigenvalue weighted by molar-refractivity contribution is -0.384. The van der Waals surface area contributed by atoms with Crippen molar-refractivity contribution in [3.05, 3.63) is 75.9 Å². The lowest BCUT2D eigenvalue weighted by Gasteiger charge is -2.10. The molecule has 2 rings (SSSR count). The normalized spacial score (nSPS) is 11.8. The number of nitro benzene ring substituents is 1. The molecule has 0 aliphatic carbocycles. The minimum Gasteiger partial charge on any atom is -0.258 e. The van der Waals surface area contributed by atoms with Gasteiger partial charge >= 0.3 is 0 Å². The summed E-state index contributed by atoms with van der Waals surface area (Å²) in [5, 5.41) is 10.7. The van der Waals surface area contributed by atoms with E-state index >= 15 is 0 Å². The third-order valence-corrected chi connectivity index (χ3v) is 4.50. The Morgan fingerprint density at radius 1 is 1.00 bits per heavy atom. The number of nitrogens with zero attached hydrogens (tertiary/aromatic N) is 1. The van der Waals surface area contributed by atoms with Crippen LogP contribution < -0.4 is 0 Å². The maximum atomic E-state index is 10.7. The van der Waals surface area contributed by atoms with E-state index in [1.54, 1.807) is 24.3 Å². The summed E-state index contributed by atoms with van der Waals surface area (Å²) in [6.45, 7) is 6.62. The van der Waals surface area contributed by atoms with Crippen molar-refractivity contribution in [2.45, 2.75) is 46.5 Å². The summed E-state index contributed by atoms with van der Waals surface area (Å²) in [4.78, 5) is 10.4. The van der Waals surface area contributed by atoms with Gasteiger partial charge in [0.05, 0.1) is 4.92 Å². The van der Waals surface area contributed by atoms with E-state index in [9.17, 15) is 10.1 Å². The van der Waals surface area contributed by atoms with E-state index < -0.39 is 0 Å². The molecule has 0 aromatic heterocycles. The van der Waals surface area contributed by atoms with E-state index in [-0.39, 0.29) is 10.6 Å². The Balaban J connectivity index is 1.89. The van der Waals surface area contributed by atoms with Crippen LogP contribution in [0.3, 0.4) is 0 Å². The van der Waals surface area contributed by atoms with Gasteiger partial charge in [-0.3, -0.25) is 10.1 Å². The SMILES string of the molecule is CC(C)=CCC[C@@H](C)CCc1ccc(-c2ccc([N+](=O)[O-])cc2)cc1. The summed E-state index contributed by atoms with van der Waals surface area (Å²) < 4.78 is 0. The van der Waals surface area contributed by atoms with Crippen LogP contribution in [0.5, 0.6) is 0 Å². The highest BCUT2D eigenvalue weighted by molar-refractivity contribution is 5.65. The molecule has 0 N–H and O–H groups in total. The average Bonchev–Trinajstić information content (AvgIpc) is 2.60. The van der Waals surface area contributed by atoms with Gasteiger partial charge in [0.1, 0.15) is 0 Å². The number of hydrogen-bond acceptors (Lipinski definition) is 2. The Kier molecular flexibility index (Phi) is 6.93. The Morgan fingerprint density at radius 3 is 2.08 bits per heavy atom. The molecule has 0 saturated heterocycles. The smallest absolute Gasteiger partial charge is 0.258 e. The van der Waals surface area contributed by atoms with Crippen molar-refractivity contribution >= 4 is 5.69 Å². The summed E-state index contributed by atoms with van der Waals surface area (Å²) in [5.41, 5.74) is 4.97. The van der Waals surface area contributed by atoms with Crippen LogP contribution in [0.1, 0.15) is 45.6 Å². The van der Waals surface area contributed by atoms with Crippen LogP contribution >= 0.6 is 0 Å². The Labute approximate surface area is 150 Å². The lowest BCUT2D eigenvalue weighted by Crippen LogP contribution is -1.97. The van der Waals surface area contributed by atoms with Gasteiger partial charge in [-0.05, 0) is 74.3 Å². The van der Waals surface area contributed by atoms with Gasteiger partial charge in [0, 0.05) is 12.1 Å². The number of nitro groups is 1. The predicted octanol–water partition coefficient (Wildman–Crippen LogP) is 6.58. The first kappa shape index (κ1) is 18.9. The zero-order valence-corrected chi connectivity index (χ0v) is 15.4. The van der Waals surface area contributed by atoms with Crippen molar-refractivity contribution in [1.29, 1.82) is 0 Å². The number of aryl methyl sites for hydroxylation is 1. The topological polar surface area (TPSA) is 43.1 Å². The molecule has 2 aromatic carbocycles. The molecule has 0 amide bonds. The number of hydrogen-bond donors (Lipinski definition) is 0. The molecule has 0 aliphatic heterocycles. The second-order valence-corrected chi connectivity index (χ2v) is 7.00. The molecule has 0 fully saturated rings. The highest BCUT2D eigenvalue weighted by atomic mass is 16.6. The van der Waals surface area contributed by atoms with E-state index in [1.165, 1.54) is 30.4 Å². The van der Waals surface area contributed by atoms with E-state index in [1.807, 2.05) is 0 Å². The molecule has 0 aliphatic rings. The summed E-state index contributed by atoms with van der Waals surface area (Å²) in [6.07, 6.45) is 7.02. The summed E-state index contributed by atoms with van der Waals surface area (Å²) >= 11 is 0. The van der Waals surface area contributed by atoms with Crippen molar-refractivity contribution in [2.75, 3.05) is 0 Å². The van der Waals surface area contributed by atoms with Crippen molar-refractivity contribution in [3.63, 3.8) is 0 Å². The maximum Gasteiger partial charge on any atom is 0.269 e. The minimum absolute atomic E-state index is 0.127. The first-order valence-corrected chi connectivity index (χ1v) is 8.93. The fourth-order valence-corrected chi connectivity index (χ4v) is 2.85. The zero-order valence-electron chi connectivity index (χ0n) is 15.4. The number of benzene rings is 2. The Hall–Kier alpha value is -2.42. The quantitative estimate of drug-likeness (QED) is 0.310. The molecule has 1 atom stereocenters. The van der Waals surface area contributed by atoms with E-state index in [4.69, 9.17) is 0 Å². The van der Waals surface area contributed by atoms with Gasteiger partial charge in [-0.15, -0.1) is 0 Å². The van der Waals surface area contributed by atoms with Gasteiger partial charge < -0.3 is 0 Å². The maximum absolute atomic E-state index is 10.7. The molecule has 0 heterocycles. The van der Waals surface area contributed by atoms with Crippen molar-refractivity contribution in [2.24, 2.45) is 5.92 Å². The summed E-state index contributed by atoms with van der Waals surface area (Å²) in [6, 6.07) is 15.2. The monoisotopic (exact) mass is 337 g/mol. The third kappa shape index (κ3) is 6.18.